The van der Waals surface area contributed by atoms with Gasteiger partial charge in [-0.05, 0) is 55.5 Å². The first kappa shape index (κ1) is 22.2. The van der Waals surface area contributed by atoms with Crippen molar-refractivity contribution in [3.05, 3.63) is 95.0 Å². The fourth-order valence-electron chi connectivity index (χ4n) is 3.82. The lowest BCUT2D eigenvalue weighted by Gasteiger charge is -2.17. The molecule has 5 aromatic rings. The number of carbonyl (C=O) groups excluding carboxylic acids is 1. The lowest BCUT2D eigenvalue weighted by atomic mass is 10.0. The summed E-state index contributed by atoms with van der Waals surface area (Å²) in [5.74, 6) is 0.515. The van der Waals surface area contributed by atoms with Gasteiger partial charge in [0.1, 0.15) is 5.75 Å². The summed E-state index contributed by atoms with van der Waals surface area (Å²) >= 11 is 7.71. The summed E-state index contributed by atoms with van der Waals surface area (Å²) < 4.78 is 7.95. The molecule has 7 heteroatoms. The van der Waals surface area contributed by atoms with E-state index >= 15 is 0 Å². The lowest BCUT2D eigenvalue weighted by Crippen LogP contribution is -2.31. The normalized spacial score (nSPS) is 11.0. The van der Waals surface area contributed by atoms with Crippen molar-refractivity contribution in [2.24, 2.45) is 0 Å². The van der Waals surface area contributed by atoms with Crippen LogP contribution in [0.4, 0.5) is 5.69 Å². The Morgan fingerprint density at radius 3 is 2.38 bits per heavy atom. The van der Waals surface area contributed by atoms with Crippen LogP contribution < -0.4 is 9.64 Å². The van der Waals surface area contributed by atoms with E-state index in [1.54, 1.807) is 23.3 Å². The van der Waals surface area contributed by atoms with Gasteiger partial charge in [-0.3, -0.25) is 9.20 Å². The van der Waals surface area contributed by atoms with Gasteiger partial charge in [-0.1, -0.05) is 41.9 Å². The number of carbonyl (C=O) groups is 1. The Hall–Kier alpha value is -3.61. The molecule has 5 nitrogen and oxygen atoms in total. The van der Waals surface area contributed by atoms with Gasteiger partial charge in [-0.15, -0.1) is 11.3 Å². The summed E-state index contributed by atoms with van der Waals surface area (Å²) in [5, 5.41) is 2.79. The Morgan fingerprint density at radius 2 is 1.68 bits per heavy atom. The highest BCUT2D eigenvalue weighted by atomic mass is 35.5. The first-order chi connectivity index (χ1) is 16.5. The molecule has 2 aromatic heterocycles. The summed E-state index contributed by atoms with van der Waals surface area (Å²) in [6.45, 7) is 2.04. The number of hydrogen-bond donors (Lipinski definition) is 0. The van der Waals surface area contributed by atoms with Crippen molar-refractivity contribution in [3.8, 4) is 28.3 Å². The van der Waals surface area contributed by atoms with Crippen LogP contribution in [0.15, 0.2) is 84.2 Å². The zero-order valence-electron chi connectivity index (χ0n) is 18.7. The highest BCUT2D eigenvalue weighted by Gasteiger charge is 2.19. The molecule has 3 aromatic carbocycles. The van der Waals surface area contributed by atoms with E-state index in [0.29, 0.717) is 10.8 Å². The number of anilines is 1. The highest BCUT2D eigenvalue weighted by molar-refractivity contribution is 7.15. The van der Waals surface area contributed by atoms with E-state index < -0.39 is 0 Å². The zero-order valence-corrected chi connectivity index (χ0v) is 20.3. The summed E-state index contributed by atoms with van der Waals surface area (Å²) in [6.07, 6.45) is 0. The zero-order chi connectivity index (χ0) is 23.7. The minimum atomic E-state index is -0.119. The number of nitrogens with zero attached hydrogens (tertiary/aromatic N) is 3. The van der Waals surface area contributed by atoms with Crippen molar-refractivity contribution >= 4 is 39.5 Å². The molecule has 1 amide bonds. The fourth-order valence-corrected chi connectivity index (χ4v) is 4.81. The molecule has 0 unspecified atom stereocenters. The van der Waals surface area contributed by atoms with E-state index in [2.05, 4.69) is 16.7 Å². The number of fused-ring (bicyclic) bond motifs is 1. The number of aromatic nitrogens is 2. The molecule has 170 valence electrons. The smallest absolute Gasteiger partial charge is 0.264 e. The summed E-state index contributed by atoms with van der Waals surface area (Å²) in [6, 6.07) is 25.0. The summed E-state index contributed by atoms with van der Waals surface area (Å²) in [4.78, 5) is 20.0. The minimum absolute atomic E-state index is 0.0403. The predicted octanol–water partition coefficient (Wildman–Crippen LogP) is 6.73. The maximum Gasteiger partial charge on any atom is 0.264 e. The van der Waals surface area contributed by atoms with Crippen LogP contribution in [0.2, 0.25) is 5.02 Å². The third kappa shape index (κ3) is 4.30. The van der Waals surface area contributed by atoms with Gasteiger partial charge >= 0.3 is 0 Å². The van der Waals surface area contributed by atoms with Crippen molar-refractivity contribution in [1.82, 2.24) is 9.38 Å². The quantitative estimate of drug-likeness (QED) is 0.266. The third-order valence-electron chi connectivity index (χ3n) is 5.66. The second kappa shape index (κ2) is 9.33. The highest BCUT2D eigenvalue weighted by Crippen LogP contribution is 2.36. The molecule has 0 saturated carbocycles. The molecule has 2 heterocycles. The van der Waals surface area contributed by atoms with E-state index in [-0.39, 0.29) is 12.5 Å². The number of para-hydroxylation sites is 1. The average molecular weight is 488 g/mol. The second-order valence-electron chi connectivity index (χ2n) is 7.91. The number of rotatable bonds is 6. The third-order valence-corrected chi connectivity index (χ3v) is 6.86. The largest absolute Gasteiger partial charge is 0.484 e. The Kier molecular flexibility index (Phi) is 6.09. The van der Waals surface area contributed by atoms with Gasteiger partial charge < -0.3 is 9.64 Å². The Labute approximate surface area is 206 Å². The second-order valence-corrected chi connectivity index (χ2v) is 9.19. The van der Waals surface area contributed by atoms with Gasteiger partial charge in [0.2, 0.25) is 0 Å². The van der Waals surface area contributed by atoms with Crippen LogP contribution in [-0.2, 0) is 4.79 Å². The standard InChI is InChI=1S/C27H22ClN3O2S/c1-18-17-34-27-29-25(19-8-12-21(28)13-9-19)26(31(18)27)20-10-14-23(15-11-20)33-16-24(32)30(2)22-6-4-3-5-7-22/h3-15,17H,16H2,1-2H3. The number of aryl methyl sites for hydroxylation is 1. The number of benzene rings is 3. The molecular formula is C27H22ClN3O2S. The van der Waals surface area contributed by atoms with Gasteiger partial charge in [0.25, 0.3) is 5.91 Å². The van der Waals surface area contributed by atoms with E-state index in [9.17, 15) is 4.79 Å². The van der Waals surface area contributed by atoms with Crippen molar-refractivity contribution in [1.29, 1.82) is 0 Å². The molecule has 0 atom stereocenters. The Morgan fingerprint density at radius 1 is 1.00 bits per heavy atom. The van der Waals surface area contributed by atoms with Gasteiger partial charge in [0, 0.05) is 40.0 Å². The lowest BCUT2D eigenvalue weighted by molar-refractivity contribution is -0.120. The molecule has 5 rings (SSSR count). The van der Waals surface area contributed by atoms with Crippen molar-refractivity contribution in [2.45, 2.75) is 6.92 Å². The molecule has 0 aliphatic heterocycles. The molecule has 0 saturated heterocycles. The molecule has 0 bridgehead atoms. The molecule has 0 spiro atoms. The monoisotopic (exact) mass is 487 g/mol. The van der Waals surface area contributed by atoms with Crippen LogP contribution in [0.1, 0.15) is 5.69 Å². The van der Waals surface area contributed by atoms with E-state index in [1.807, 2.05) is 78.9 Å². The van der Waals surface area contributed by atoms with Crippen LogP contribution in [0, 0.1) is 6.92 Å². The van der Waals surface area contributed by atoms with Crippen LogP contribution in [0.3, 0.4) is 0 Å². The number of hydrogen-bond acceptors (Lipinski definition) is 4. The van der Waals surface area contributed by atoms with E-state index in [4.69, 9.17) is 21.3 Å². The summed E-state index contributed by atoms with van der Waals surface area (Å²) in [5.41, 5.74) is 5.89. The number of likely N-dealkylation sites (N-methyl/N-ethyl adjacent to an activating group) is 1. The van der Waals surface area contributed by atoms with Crippen molar-refractivity contribution < 1.29 is 9.53 Å². The molecule has 0 aliphatic rings. The van der Waals surface area contributed by atoms with Crippen LogP contribution >= 0.6 is 22.9 Å². The minimum Gasteiger partial charge on any atom is -0.484 e. The van der Waals surface area contributed by atoms with Crippen LogP contribution in [-0.4, -0.2) is 28.9 Å². The Bertz CT molecular complexity index is 1440. The first-order valence-corrected chi connectivity index (χ1v) is 12.0. The average Bonchev–Trinajstić information content (AvgIpc) is 3.43. The molecule has 0 N–H and O–H groups in total. The van der Waals surface area contributed by atoms with Crippen LogP contribution in [0.25, 0.3) is 27.5 Å². The van der Waals surface area contributed by atoms with E-state index in [1.165, 1.54) is 0 Å². The number of imidazole rings is 1. The molecule has 0 fully saturated rings. The first-order valence-electron chi connectivity index (χ1n) is 10.8. The van der Waals surface area contributed by atoms with Crippen molar-refractivity contribution in [3.63, 3.8) is 0 Å². The number of ether oxygens (including phenoxy) is 1. The number of thiazole rings is 1. The maximum absolute atomic E-state index is 12.5. The van der Waals surface area contributed by atoms with Crippen LogP contribution in [0.5, 0.6) is 5.75 Å². The Balaban J connectivity index is 1.40. The van der Waals surface area contributed by atoms with Gasteiger partial charge in [-0.2, -0.15) is 0 Å². The van der Waals surface area contributed by atoms with Gasteiger partial charge in [0.15, 0.2) is 11.6 Å². The SMILES string of the molecule is Cc1csc2nc(-c3ccc(Cl)cc3)c(-c3ccc(OCC(=O)N(C)c4ccccc4)cc3)n12. The van der Waals surface area contributed by atoms with Gasteiger partial charge in [0.05, 0.1) is 11.4 Å². The molecule has 0 aliphatic carbocycles. The number of halogens is 1. The summed E-state index contributed by atoms with van der Waals surface area (Å²) in [7, 11) is 1.75. The number of amides is 1. The van der Waals surface area contributed by atoms with E-state index in [0.717, 1.165) is 38.9 Å². The van der Waals surface area contributed by atoms with Crippen molar-refractivity contribution in [2.75, 3.05) is 18.6 Å². The predicted molar refractivity (Wildman–Crippen MR) is 139 cm³/mol. The fraction of sp³-hybridized carbons (Fsp3) is 0.111. The molecule has 34 heavy (non-hydrogen) atoms. The molecule has 0 radical (unpaired) electrons. The van der Waals surface area contributed by atoms with Gasteiger partial charge in [-0.25, -0.2) is 4.98 Å². The maximum atomic E-state index is 12.5. The molecular weight excluding hydrogens is 466 g/mol. The topological polar surface area (TPSA) is 46.8 Å².